The number of rotatable bonds is 5. The molecule has 2 aliphatic rings. The van der Waals surface area contributed by atoms with Crippen molar-refractivity contribution in [3.8, 4) is 0 Å². The molecule has 27 heavy (non-hydrogen) atoms. The quantitative estimate of drug-likeness (QED) is 0.792. The highest BCUT2D eigenvalue weighted by molar-refractivity contribution is 7.09. The van der Waals surface area contributed by atoms with Gasteiger partial charge in [0.1, 0.15) is 6.04 Å². The fourth-order valence-corrected chi connectivity index (χ4v) is 4.65. The van der Waals surface area contributed by atoms with E-state index in [2.05, 4.69) is 39.4 Å². The number of piperazine rings is 1. The third kappa shape index (κ3) is 4.58. The summed E-state index contributed by atoms with van der Waals surface area (Å²) < 4.78 is 5.43. The molecule has 4 rings (SSSR count). The minimum absolute atomic E-state index is 0.187. The van der Waals surface area contributed by atoms with Crippen LogP contribution in [0.4, 0.5) is 0 Å². The Morgan fingerprint density at radius 3 is 2.37 bits per heavy atom. The number of hydrogen-bond acceptors (Lipinski definition) is 5. The van der Waals surface area contributed by atoms with Crippen molar-refractivity contribution in [1.82, 2.24) is 14.7 Å². The molecule has 1 unspecified atom stereocenters. The van der Waals surface area contributed by atoms with E-state index in [1.165, 1.54) is 4.88 Å². The maximum atomic E-state index is 13.4. The molecule has 0 radical (unpaired) electrons. The molecule has 0 N–H and O–H groups in total. The van der Waals surface area contributed by atoms with Gasteiger partial charge in [-0.15, -0.1) is 11.3 Å². The van der Waals surface area contributed by atoms with Gasteiger partial charge < -0.3 is 9.64 Å². The van der Waals surface area contributed by atoms with Crippen LogP contribution in [0.5, 0.6) is 0 Å². The van der Waals surface area contributed by atoms with Gasteiger partial charge in [0.05, 0.1) is 13.2 Å². The van der Waals surface area contributed by atoms with Crippen molar-refractivity contribution < 1.29 is 9.53 Å². The van der Waals surface area contributed by atoms with Crippen LogP contribution in [-0.4, -0.2) is 73.1 Å². The molecule has 5 nitrogen and oxygen atoms in total. The van der Waals surface area contributed by atoms with Crippen LogP contribution >= 0.6 is 11.3 Å². The van der Waals surface area contributed by atoms with Gasteiger partial charge in [0.15, 0.2) is 0 Å². The van der Waals surface area contributed by atoms with Gasteiger partial charge in [0, 0.05) is 50.7 Å². The molecule has 2 fully saturated rings. The molecule has 1 aromatic carbocycles. The zero-order chi connectivity index (χ0) is 18.5. The largest absolute Gasteiger partial charge is 0.378 e. The third-order valence-corrected chi connectivity index (χ3v) is 6.26. The lowest BCUT2D eigenvalue weighted by Crippen LogP contribution is -2.52. The number of nitrogens with zero attached hydrogens (tertiary/aromatic N) is 3. The summed E-state index contributed by atoms with van der Waals surface area (Å²) in [5.41, 5.74) is 1.10. The molecule has 6 heteroatoms. The van der Waals surface area contributed by atoms with Gasteiger partial charge in [-0.2, -0.15) is 0 Å². The number of carbonyl (C=O) groups is 1. The van der Waals surface area contributed by atoms with Crippen LogP contribution in [0.1, 0.15) is 16.5 Å². The van der Waals surface area contributed by atoms with E-state index >= 15 is 0 Å². The number of carbonyl (C=O) groups excluding carboxylic acids is 1. The van der Waals surface area contributed by atoms with Gasteiger partial charge in [-0.3, -0.25) is 14.6 Å². The van der Waals surface area contributed by atoms with Crippen LogP contribution in [0, 0.1) is 0 Å². The Balaban J connectivity index is 1.45. The van der Waals surface area contributed by atoms with Crippen molar-refractivity contribution in [3.05, 3.63) is 58.3 Å². The number of amides is 1. The smallest absolute Gasteiger partial charge is 0.244 e. The van der Waals surface area contributed by atoms with Crippen molar-refractivity contribution >= 4 is 17.2 Å². The molecular formula is C21H27N3O2S. The first-order chi connectivity index (χ1) is 13.3. The van der Waals surface area contributed by atoms with Crippen LogP contribution in [0.25, 0.3) is 0 Å². The molecule has 0 saturated carbocycles. The van der Waals surface area contributed by atoms with E-state index in [1.54, 1.807) is 0 Å². The Kier molecular flexibility index (Phi) is 6.19. The van der Waals surface area contributed by atoms with Crippen LogP contribution < -0.4 is 0 Å². The van der Waals surface area contributed by atoms with Crippen molar-refractivity contribution in [2.45, 2.75) is 12.6 Å². The molecule has 2 aromatic rings. The summed E-state index contributed by atoms with van der Waals surface area (Å²) >= 11 is 1.82. The SMILES string of the molecule is O=C(C(c1ccccc1)N1CCN(Cc2cccs2)CC1)N1CCOCC1. The summed E-state index contributed by atoms with van der Waals surface area (Å²) in [5.74, 6) is 0.219. The zero-order valence-electron chi connectivity index (χ0n) is 15.6. The lowest BCUT2D eigenvalue weighted by molar-refractivity contribution is -0.142. The number of thiophene rings is 1. The van der Waals surface area contributed by atoms with E-state index < -0.39 is 0 Å². The molecule has 2 aliphatic heterocycles. The lowest BCUT2D eigenvalue weighted by Gasteiger charge is -2.41. The maximum Gasteiger partial charge on any atom is 0.244 e. The number of hydrogen-bond donors (Lipinski definition) is 0. The average Bonchev–Trinajstić information content (AvgIpc) is 3.24. The summed E-state index contributed by atoms with van der Waals surface area (Å²) in [7, 11) is 0. The molecule has 144 valence electrons. The van der Waals surface area contributed by atoms with Gasteiger partial charge in [-0.25, -0.2) is 0 Å². The van der Waals surface area contributed by atoms with E-state index in [0.29, 0.717) is 26.3 Å². The highest BCUT2D eigenvalue weighted by Crippen LogP contribution is 2.26. The third-order valence-electron chi connectivity index (χ3n) is 5.40. The Morgan fingerprint density at radius 1 is 0.963 bits per heavy atom. The maximum absolute atomic E-state index is 13.4. The first kappa shape index (κ1) is 18.6. The molecule has 2 saturated heterocycles. The monoisotopic (exact) mass is 385 g/mol. The molecule has 1 aromatic heterocycles. The van der Waals surface area contributed by atoms with Gasteiger partial charge in [-0.1, -0.05) is 36.4 Å². The van der Waals surface area contributed by atoms with E-state index in [4.69, 9.17) is 4.74 Å². The molecule has 1 amide bonds. The highest BCUT2D eigenvalue weighted by atomic mass is 32.1. The molecule has 3 heterocycles. The fourth-order valence-electron chi connectivity index (χ4n) is 3.90. The normalized spacial score (nSPS) is 20.5. The Hall–Kier alpha value is -1.73. The van der Waals surface area contributed by atoms with Gasteiger partial charge in [0.2, 0.25) is 5.91 Å². The first-order valence-corrected chi connectivity index (χ1v) is 10.6. The molecule has 1 atom stereocenters. The second-order valence-electron chi connectivity index (χ2n) is 7.14. The highest BCUT2D eigenvalue weighted by Gasteiger charge is 2.33. The van der Waals surface area contributed by atoms with E-state index in [0.717, 1.165) is 38.3 Å². The average molecular weight is 386 g/mol. The van der Waals surface area contributed by atoms with Crippen LogP contribution in [0.2, 0.25) is 0 Å². The second-order valence-corrected chi connectivity index (χ2v) is 8.17. The fraction of sp³-hybridized carbons (Fsp3) is 0.476. The van der Waals surface area contributed by atoms with Gasteiger partial charge in [-0.05, 0) is 17.0 Å². The number of ether oxygens (including phenoxy) is 1. The lowest BCUT2D eigenvalue weighted by atomic mass is 10.0. The standard InChI is InChI=1S/C21H27N3O2S/c25-21(24-12-14-26-15-13-24)20(18-5-2-1-3-6-18)23-10-8-22(9-11-23)17-19-7-4-16-27-19/h1-7,16,20H,8-15,17H2. The van der Waals surface area contributed by atoms with Crippen LogP contribution in [0.15, 0.2) is 47.8 Å². The molecular weight excluding hydrogens is 358 g/mol. The Bertz CT molecular complexity index is 708. The van der Waals surface area contributed by atoms with Crippen LogP contribution in [0.3, 0.4) is 0 Å². The topological polar surface area (TPSA) is 36.0 Å². The van der Waals surface area contributed by atoms with Crippen molar-refractivity contribution in [1.29, 1.82) is 0 Å². The molecule has 0 bridgehead atoms. The van der Waals surface area contributed by atoms with E-state index in [-0.39, 0.29) is 11.9 Å². The molecule has 0 spiro atoms. The number of morpholine rings is 1. The predicted octanol–water partition coefficient (Wildman–Crippen LogP) is 2.47. The minimum Gasteiger partial charge on any atom is -0.378 e. The van der Waals surface area contributed by atoms with Gasteiger partial charge in [0.25, 0.3) is 0 Å². The minimum atomic E-state index is -0.187. The second kappa shape index (κ2) is 8.97. The van der Waals surface area contributed by atoms with E-state index in [1.807, 2.05) is 34.4 Å². The van der Waals surface area contributed by atoms with E-state index in [9.17, 15) is 4.79 Å². The summed E-state index contributed by atoms with van der Waals surface area (Å²) in [6.07, 6.45) is 0. The predicted molar refractivity (Wildman–Crippen MR) is 108 cm³/mol. The van der Waals surface area contributed by atoms with Gasteiger partial charge >= 0.3 is 0 Å². The van der Waals surface area contributed by atoms with Crippen molar-refractivity contribution in [2.75, 3.05) is 52.5 Å². The van der Waals surface area contributed by atoms with Crippen molar-refractivity contribution in [3.63, 3.8) is 0 Å². The molecule has 0 aliphatic carbocycles. The zero-order valence-corrected chi connectivity index (χ0v) is 16.4. The first-order valence-electron chi connectivity index (χ1n) is 9.71. The van der Waals surface area contributed by atoms with Crippen LogP contribution in [-0.2, 0) is 16.1 Å². The Labute approximate surface area is 165 Å². The number of benzene rings is 1. The summed E-state index contributed by atoms with van der Waals surface area (Å²) in [6.45, 7) is 7.51. The summed E-state index contributed by atoms with van der Waals surface area (Å²) in [5, 5.41) is 2.14. The summed E-state index contributed by atoms with van der Waals surface area (Å²) in [4.78, 5) is 21.6. The summed E-state index contributed by atoms with van der Waals surface area (Å²) in [6, 6.07) is 14.4. The van der Waals surface area contributed by atoms with Crippen molar-refractivity contribution in [2.24, 2.45) is 0 Å². The Morgan fingerprint density at radius 2 is 1.70 bits per heavy atom.